The van der Waals surface area contributed by atoms with Crippen molar-refractivity contribution >= 4 is 0 Å². The van der Waals surface area contributed by atoms with Crippen LogP contribution in [0.1, 0.15) is 58.3 Å². The Kier molecular flexibility index (Phi) is 2.73. The van der Waals surface area contributed by atoms with Crippen LogP contribution in [0.2, 0.25) is 0 Å². The van der Waals surface area contributed by atoms with Crippen molar-refractivity contribution < 1.29 is 14.2 Å². The van der Waals surface area contributed by atoms with Gasteiger partial charge < -0.3 is 14.2 Å². The van der Waals surface area contributed by atoms with Crippen LogP contribution >= 0.6 is 0 Å². The van der Waals surface area contributed by atoms with Gasteiger partial charge in [0.25, 0.3) is 0 Å². The highest BCUT2D eigenvalue weighted by Crippen LogP contribution is 2.68. The number of fused-ring (bicyclic) bond motifs is 1. The molecule has 4 atom stereocenters. The van der Waals surface area contributed by atoms with Crippen LogP contribution in [0.5, 0.6) is 0 Å². The average Bonchev–Trinajstić information content (AvgIpc) is 3.25. The van der Waals surface area contributed by atoms with Crippen molar-refractivity contribution in [2.75, 3.05) is 13.2 Å². The Hall–Kier alpha value is -0.900. The molecule has 3 aliphatic carbocycles. The molecule has 3 heteroatoms. The highest BCUT2D eigenvalue weighted by molar-refractivity contribution is 5.48. The van der Waals surface area contributed by atoms with Crippen LogP contribution in [0.15, 0.2) is 35.5 Å². The van der Waals surface area contributed by atoms with Crippen molar-refractivity contribution in [1.82, 2.24) is 0 Å². The van der Waals surface area contributed by atoms with Gasteiger partial charge in [-0.15, -0.1) is 0 Å². The molecule has 0 radical (unpaired) electrons. The Morgan fingerprint density at radius 1 is 1.12 bits per heavy atom. The molecule has 2 bridgehead atoms. The summed E-state index contributed by atoms with van der Waals surface area (Å²) >= 11 is 0. The molecule has 0 amide bonds. The standard InChI is InChI=1S/C22H28O3/c1-15-3-4-18-19(15,2)7-5-17-13-16-6-8-21(23-11-12-24-21)14-20(16)9-10-22(17,18)25-20/h5,13,18H,1,3-4,6-12,14H2,2H3/t18-,19-,20-,22-/m1/s1. The van der Waals surface area contributed by atoms with Crippen LogP contribution in [0.4, 0.5) is 0 Å². The minimum atomic E-state index is -0.388. The molecule has 3 nitrogen and oxygen atoms in total. The maximum Gasteiger partial charge on any atom is 0.171 e. The first-order valence-corrected chi connectivity index (χ1v) is 10.1. The van der Waals surface area contributed by atoms with Gasteiger partial charge in [0.05, 0.1) is 24.4 Å². The second-order valence-corrected chi connectivity index (χ2v) is 9.42. The Morgan fingerprint density at radius 3 is 2.80 bits per heavy atom. The third kappa shape index (κ3) is 1.69. The summed E-state index contributed by atoms with van der Waals surface area (Å²) in [4.78, 5) is 0. The number of rotatable bonds is 0. The quantitative estimate of drug-likeness (QED) is 0.610. The van der Waals surface area contributed by atoms with E-state index in [1.807, 2.05) is 0 Å². The first-order chi connectivity index (χ1) is 12.0. The zero-order valence-corrected chi connectivity index (χ0v) is 15.2. The Bertz CT molecular complexity index is 728. The van der Waals surface area contributed by atoms with Gasteiger partial charge in [-0.3, -0.25) is 0 Å². The predicted molar refractivity (Wildman–Crippen MR) is 95.0 cm³/mol. The van der Waals surface area contributed by atoms with Gasteiger partial charge in [-0.05, 0) is 55.1 Å². The molecule has 0 aromatic carbocycles. The van der Waals surface area contributed by atoms with Crippen molar-refractivity contribution in [2.24, 2.45) is 11.3 Å². The van der Waals surface area contributed by atoms with Crippen LogP contribution in [0.25, 0.3) is 0 Å². The van der Waals surface area contributed by atoms with Crippen LogP contribution < -0.4 is 0 Å². The summed E-state index contributed by atoms with van der Waals surface area (Å²) < 4.78 is 19.3. The summed E-state index contributed by atoms with van der Waals surface area (Å²) in [6, 6.07) is 0. The van der Waals surface area contributed by atoms with Gasteiger partial charge in [-0.25, -0.2) is 0 Å². The SMILES string of the molecule is C=C1CC[C@@H]2[C@]1(C)CC=C1C=C3CCC4(C[C@]35CC[C@@]12O5)OCCO4. The van der Waals surface area contributed by atoms with Crippen molar-refractivity contribution in [2.45, 2.75) is 75.3 Å². The molecule has 3 aliphatic heterocycles. The molecule has 6 aliphatic rings. The first kappa shape index (κ1) is 15.2. The zero-order valence-electron chi connectivity index (χ0n) is 15.2. The lowest BCUT2D eigenvalue weighted by atomic mass is 9.60. The third-order valence-corrected chi connectivity index (χ3v) is 8.45. The number of ether oxygens (including phenoxy) is 3. The maximum absolute atomic E-state index is 7.16. The molecule has 3 heterocycles. The molecule has 2 saturated heterocycles. The monoisotopic (exact) mass is 340 g/mol. The van der Waals surface area contributed by atoms with Gasteiger partial charge in [-0.1, -0.05) is 31.2 Å². The molecule has 25 heavy (non-hydrogen) atoms. The topological polar surface area (TPSA) is 27.7 Å². The van der Waals surface area contributed by atoms with Crippen molar-refractivity contribution in [3.63, 3.8) is 0 Å². The summed E-state index contributed by atoms with van der Waals surface area (Å²) in [5.41, 5.74) is 4.38. The van der Waals surface area contributed by atoms with Gasteiger partial charge in [0.15, 0.2) is 5.79 Å². The van der Waals surface area contributed by atoms with E-state index < -0.39 is 0 Å². The van der Waals surface area contributed by atoms with E-state index in [1.54, 1.807) is 0 Å². The Morgan fingerprint density at radius 2 is 1.96 bits per heavy atom. The second kappa shape index (κ2) is 4.49. The maximum atomic E-state index is 7.16. The van der Waals surface area contributed by atoms with Crippen LogP contribution in [0, 0.1) is 11.3 Å². The highest BCUT2D eigenvalue weighted by atomic mass is 16.7. The smallest absolute Gasteiger partial charge is 0.171 e. The highest BCUT2D eigenvalue weighted by Gasteiger charge is 2.67. The molecule has 4 fully saturated rings. The van der Waals surface area contributed by atoms with E-state index in [0.717, 1.165) is 58.2 Å². The molecule has 6 rings (SSSR count). The summed E-state index contributed by atoms with van der Waals surface area (Å²) in [5, 5.41) is 0. The van der Waals surface area contributed by atoms with E-state index >= 15 is 0 Å². The van der Waals surface area contributed by atoms with E-state index in [0.29, 0.717) is 5.92 Å². The van der Waals surface area contributed by atoms with Crippen LogP contribution in [-0.2, 0) is 14.2 Å². The summed E-state index contributed by atoms with van der Waals surface area (Å²) in [6.45, 7) is 8.31. The van der Waals surface area contributed by atoms with Crippen molar-refractivity contribution in [3.05, 3.63) is 35.5 Å². The number of hydrogen-bond donors (Lipinski definition) is 0. The average molecular weight is 340 g/mol. The fourth-order valence-electron chi connectivity index (χ4n) is 7.04. The molecule has 0 N–H and O–H groups in total. The normalized spacial score (nSPS) is 49.5. The predicted octanol–water partition coefficient (Wildman–Crippen LogP) is 4.44. The molecule has 3 spiro atoms. The van der Waals surface area contributed by atoms with E-state index in [2.05, 4.69) is 25.7 Å². The van der Waals surface area contributed by atoms with Crippen molar-refractivity contribution in [1.29, 1.82) is 0 Å². The van der Waals surface area contributed by atoms with E-state index in [4.69, 9.17) is 14.2 Å². The summed E-state index contributed by atoms with van der Waals surface area (Å²) in [6.07, 6.45) is 13.7. The molecular formula is C22H28O3. The van der Waals surface area contributed by atoms with Crippen molar-refractivity contribution in [3.8, 4) is 0 Å². The van der Waals surface area contributed by atoms with Crippen LogP contribution in [-0.4, -0.2) is 30.2 Å². The lowest BCUT2D eigenvalue weighted by Crippen LogP contribution is -2.55. The fourth-order valence-corrected chi connectivity index (χ4v) is 7.04. The summed E-state index contributed by atoms with van der Waals surface area (Å²) in [5.74, 6) is 0.189. The lowest BCUT2D eigenvalue weighted by Gasteiger charge is -2.54. The zero-order chi connectivity index (χ0) is 16.9. The van der Waals surface area contributed by atoms with Crippen LogP contribution in [0.3, 0.4) is 0 Å². The van der Waals surface area contributed by atoms with Gasteiger partial charge in [0, 0.05) is 18.8 Å². The first-order valence-electron chi connectivity index (χ1n) is 10.1. The second-order valence-electron chi connectivity index (χ2n) is 9.42. The fraction of sp³-hybridized carbons (Fsp3) is 0.727. The molecular weight excluding hydrogens is 312 g/mol. The minimum Gasteiger partial charge on any atom is -0.359 e. The Labute approximate surface area is 150 Å². The van der Waals surface area contributed by atoms with E-state index in [-0.39, 0.29) is 22.4 Å². The van der Waals surface area contributed by atoms with E-state index in [1.165, 1.54) is 23.1 Å². The third-order valence-electron chi connectivity index (χ3n) is 8.45. The number of allylic oxidation sites excluding steroid dienone is 2. The molecule has 0 aromatic rings. The summed E-state index contributed by atoms with van der Waals surface area (Å²) in [7, 11) is 0. The largest absolute Gasteiger partial charge is 0.359 e. The number of hydrogen-bond acceptors (Lipinski definition) is 3. The lowest BCUT2D eigenvalue weighted by molar-refractivity contribution is -0.225. The molecule has 134 valence electrons. The van der Waals surface area contributed by atoms with Gasteiger partial charge >= 0.3 is 0 Å². The molecule has 0 unspecified atom stereocenters. The Balaban J connectivity index is 1.46. The molecule has 0 aromatic heterocycles. The minimum absolute atomic E-state index is 0.0902. The van der Waals surface area contributed by atoms with Gasteiger partial charge in [0.2, 0.25) is 0 Å². The molecule has 2 saturated carbocycles. The van der Waals surface area contributed by atoms with E-state index in [9.17, 15) is 0 Å². The van der Waals surface area contributed by atoms with Gasteiger partial charge in [-0.2, -0.15) is 0 Å². The van der Waals surface area contributed by atoms with Gasteiger partial charge in [0.1, 0.15) is 0 Å².